The number of hydrogen-bond acceptors (Lipinski definition) is 4. The highest BCUT2D eigenvalue weighted by Crippen LogP contribution is 2.09. The smallest absolute Gasteiger partial charge is 0.226 e. The zero-order valence-corrected chi connectivity index (χ0v) is 9.03. The average Bonchev–Trinajstić information content (AvgIpc) is 2.19. The molecule has 0 spiro atoms. The Morgan fingerprint density at radius 3 is 3.13 bits per heavy atom. The molecule has 0 aliphatic carbocycles. The number of anilines is 1. The van der Waals surface area contributed by atoms with Gasteiger partial charge < -0.3 is 10.1 Å². The maximum Gasteiger partial charge on any atom is 0.226 e. The summed E-state index contributed by atoms with van der Waals surface area (Å²) in [5.41, 5.74) is 0. The van der Waals surface area contributed by atoms with Crippen molar-refractivity contribution >= 4 is 5.95 Å². The minimum atomic E-state index is 0.159. The lowest BCUT2D eigenvalue weighted by Crippen LogP contribution is -2.16. The Kier molecular flexibility index (Phi) is 4.42. The fourth-order valence-corrected chi connectivity index (χ4v) is 1.09. The van der Waals surface area contributed by atoms with E-state index in [1.54, 1.807) is 12.3 Å². The summed E-state index contributed by atoms with van der Waals surface area (Å²) in [6.45, 7) is 4.49. The lowest BCUT2D eigenvalue weighted by atomic mass is 10.2. The van der Waals surface area contributed by atoms with Gasteiger partial charge in [-0.15, -0.1) is 12.3 Å². The Balaban J connectivity index is 2.61. The second-order valence-electron chi connectivity index (χ2n) is 3.11. The highest BCUT2D eigenvalue weighted by atomic mass is 16.5. The molecule has 0 saturated heterocycles. The van der Waals surface area contributed by atoms with Crippen LogP contribution >= 0.6 is 0 Å². The van der Waals surface area contributed by atoms with Crippen molar-refractivity contribution in [3.63, 3.8) is 0 Å². The van der Waals surface area contributed by atoms with Crippen LogP contribution in [0.1, 0.15) is 20.3 Å². The van der Waals surface area contributed by atoms with Gasteiger partial charge in [-0.05, 0) is 13.8 Å². The van der Waals surface area contributed by atoms with Crippen LogP contribution in [0.2, 0.25) is 0 Å². The molecule has 0 aromatic carbocycles. The van der Waals surface area contributed by atoms with Crippen molar-refractivity contribution in [1.82, 2.24) is 9.97 Å². The molecule has 0 aliphatic rings. The quantitative estimate of drug-likeness (QED) is 0.743. The summed E-state index contributed by atoms with van der Waals surface area (Å²) in [5.74, 6) is 3.70. The average molecular weight is 205 g/mol. The molecule has 0 amide bonds. The van der Waals surface area contributed by atoms with E-state index in [-0.39, 0.29) is 6.04 Å². The van der Waals surface area contributed by atoms with Gasteiger partial charge in [0.1, 0.15) is 0 Å². The van der Waals surface area contributed by atoms with E-state index in [0.29, 0.717) is 24.9 Å². The molecular formula is C11H15N3O. The van der Waals surface area contributed by atoms with Crippen molar-refractivity contribution in [1.29, 1.82) is 0 Å². The molecule has 0 saturated carbocycles. The standard InChI is InChI=1S/C11H15N3O/c1-4-6-9(3)13-11-12-8-7-10(14-11)15-5-2/h1,7-9H,5-6H2,2-3H3,(H,12,13,14). The highest BCUT2D eigenvalue weighted by molar-refractivity contribution is 5.28. The SMILES string of the molecule is C#CCC(C)Nc1nccc(OCC)n1. The maximum atomic E-state index is 5.26. The van der Waals surface area contributed by atoms with Gasteiger partial charge in [0.2, 0.25) is 11.8 Å². The normalized spacial score (nSPS) is 11.5. The van der Waals surface area contributed by atoms with Crippen LogP contribution in [0.15, 0.2) is 12.3 Å². The summed E-state index contributed by atoms with van der Waals surface area (Å²) >= 11 is 0. The van der Waals surface area contributed by atoms with Gasteiger partial charge in [-0.1, -0.05) is 0 Å². The minimum absolute atomic E-state index is 0.159. The molecule has 1 aromatic heterocycles. The Hall–Kier alpha value is -1.76. The molecule has 4 nitrogen and oxygen atoms in total. The molecule has 1 heterocycles. The first-order valence-electron chi connectivity index (χ1n) is 4.92. The number of nitrogens with zero attached hydrogens (tertiary/aromatic N) is 2. The zero-order chi connectivity index (χ0) is 11.1. The van der Waals surface area contributed by atoms with Crippen molar-refractivity contribution in [3.05, 3.63) is 12.3 Å². The fourth-order valence-electron chi connectivity index (χ4n) is 1.09. The summed E-state index contributed by atoms with van der Waals surface area (Å²) in [6.07, 6.45) is 7.50. The Bertz CT molecular complexity index is 346. The molecule has 0 aliphatic heterocycles. The van der Waals surface area contributed by atoms with Gasteiger partial charge in [-0.25, -0.2) is 4.98 Å². The van der Waals surface area contributed by atoms with Crippen LogP contribution in [0.5, 0.6) is 5.88 Å². The van der Waals surface area contributed by atoms with Crippen LogP contribution in [0.3, 0.4) is 0 Å². The van der Waals surface area contributed by atoms with Gasteiger partial charge in [0.05, 0.1) is 6.61 Å². The van der Waals surface area contributed by atoms with Crippen molar-refractivity contribution in [3.8, 4) is 18.2 Å². The highest BCUT2D eigenvalue weighted by Gasteiger charge is 2.03. The molecule has 0 bridgehead atoms. The van der Waals surface area contributed by atoms with E-state index < -0.39 is 0 Å². The molecule has 1 aromatic rings. The predicted molar refractivity (Wildman–Crippen MR) is 59.7 cm³/mol. The summed E-state index contributed by atoms with van der Waals surface area (Å²) in [7, 11) is 0. The summed E-state index contributed by atoms with van der Waals surface area (Å²) in [5, 5.41) is 3.10. The van der Waals surface area contributed by atoms with Gasteiger partial charge in [0.15, 0.2) is 0 Å². The first kappa shape index (κ1) is 11.3. The van der Waals surface area contributed by atoms with E-state index in [1.807, 2.05) is 13.8 Å². The van der Waals surface area contributed by atoms with E-state index in [1.165, 1.54) is 0 Å². The molecule has 1 N–H and O–H groups in total. The molecule has 1 atom stereocenters. The van der Waals surface area contributed by atoms with E-state index in [0.717, 1.165) is 0 Å². The first-order chi connectivity index (χ1) is 7.26. The Morgan fingerprint density at radius 1 is 1.67 bits per heavy atom. The third-order valence-corrected chi connectivity index (χ3v) is 1.72. The molecule has 15 heavy (non-hydrogen) atoms. The Morgan fingerprint density at radius 2 is 2.47 bits per heavy atom. The van der Waals surface area contributed by atoms with E-state index in [4.69, 9.17) is 11.2 Å². The molecule has 0 fully saturated rings. The summed E-state index contributed by atoms with van der Waals surface area (Å²) < 4.78 is 5.26. The molecular weight excluding hydrogens is 190 g/mol. The van der Waals surface area contributed by atoms with Crippen molar-refractivity contribution in [2.75, 3.05) is 11.9 Å². The van der Waals surface area contributed by atoms with Crippen molar-refractivity contribution < 1.29 is 4.74 Å². The first-order valence-corrected chi connectivity index (χ1v) is 4.92. The summed E-state index contributed by atoms with van der Waals surface area (Å²) in [4.78, 5) is 8.24. The van der Waals surface area contributed by atoms with Crippen LogP contribution in [0.4, 0.5) is 5.95 Å². The van der Waals surface area contributed by atoms with Crippen LogP contribution in [-0.4, -0.2) is 22.6 Å². The lowest BCUT2D eigenvalue weighted by molar-refractivity contribution is 0.326. The fraction of sp³-hybridized carbons (Fsp3) is 0.455. The minimum Gasteiger partial charge on any atom is -0.478 e. The zero-order valence-electron chi connectivity index (χ0n) is 9.03. The molecule has 4 heteroatoms. The summed E-state index contributed by atoms with van der Waals surface area (Å²) in [6, 6.07) is 1.88. The largest absolute Gasteiger partial charge is 0.478 e. The van der Waals surface area contributed by atoms with E-state index >= 15 is 0 Å². The van der Waals surface area contributed by atoms with Crippen LogP contribution < -0.4 is 10.1 Å². The lowest BCUT2D eigenvalue weighted by Gasteiger charge is -2.11. The third kappa shape index (κ3) is 3.86. The van der Waals surface area contributed by atoms with Gasteiger partial charge in [0.25, 0.3) is 0 Å². The maximum absolute atomic E-state index is 5.26. The van der Waals surface area contributed by atoms with Crippen LogP contribution in [0.25, 0.3) is 0 Å². The third-order valence-electron chi connectivity index (χ3n) is 1.72. The number of hydrogen-bond donors (Lipinski definition) is 1. The topological polar surface area (TPSA) is 47.0 Å². The Labute approximate surface area is 90.1 Å². The molecule has 0 radical (unpaired) electrons. The molecule has 80 valence electrons. The number of nitrogens with one attached hydrogen (secondary N) is 1. The van der Waals surface area contributed by atoms with Crippen LogP contribution in [0, 0.1) is 12.3 Å². The number of terminal acetylenes is 1. The van der Waals surface area contributed by atoms with Crippen molar-refractivity contribution in [2.24, 2.45) is 0 Å². The molecule has 1 unspecified atom stereocenters. The van der Waals surface area contributed by atoms with Gasteiger partial charge in [-0.2, -0.15) is 4.98 Å². The van der Waals surface area contributed by atoms with Crippen molar-refractivity contribution in [2.45, 2.75) is 26.3 Å². The predicted octanol–water partition coefficient (Wildman–Crippen LogP) is 1.70. The monoisotopic (exact) mass is 205 g/mol. The van der Waals surface area contributed by atoms with Gasteiger partial charge in [0, 0.05) is 24.7 Å². The number of aromatic nitrogens is 2. The van der Waals surface area contributed by atoms with E-state index in [9.17, 15) is 0 Å². The van der Waals surface area contributed by atoms with Crippen LogP contribution in [-0.2, 0) is 0 Å². The number of rotatable bonds is 5. The number of ether oxygens (including phenoxy) is 1. The van der Waals surface area contributed by atoms with E-state index in [2.05, 4.69) is 21.2 Å². The van der Waals surface area contributed by atoms with Gasteiger partial charge in [-0.3, -0.25) is 0 Å². The second-order valence-corrected chi connectivity index (χ2v) is 3.11. The van der Waals surface area contributed by atoms with Gasteiger partial charge >= 0.3 is 0 Å². The second kappa shape index (κ2) is 5.86. The molecule has 1 rings (SSSR count).